The topological polar surface area (TPSA) is 40.6 Å². The number of ether oxygens (including phenoxy) is 1. The van der Waals surface area contributed by atoms with E-state index >= 15 is 0 Å². The van der Waals surface area contributed by atoms with Gasteiger partial charge in [0.15, 0.2) is 5.13 Å². The fourth-order valence-corrected chi connectivity index (χ4v) is 3.75. The van der Waals surface area contributed by atoms with Crippen LogP contribution >= 0.6 is 11.3 Å². The second-order valence-corrected chi connectivity index (χ2v) is 6.57. The second kappa shape index (κ2) is 7.36. The Bertz CT molecular complexity index is 390. The number of anilines is 1. The average molecular weight is 298 g/mol. The first-order valence-corrected chi connectivity index (χ1v) is 8.00. The predicted octanol–water partition coefficient (Wildman–Crippen LogP) is 1.54. The van der Waals surface area contributed by atoms with E-state index in [9.17, 15) is 0 Å². The van der Waals surface area contributed by atoms with Crippen molar-refractivity contribution in [1.29, 1.82) is 0 Å². The largest absolute Gasteiger partial charge is 0.378 e. The third-order valence-electron chi connectivity index (χ3n) is 3.85. The van der Waals surface area contributed by atoms with E-state index in [1.165, 1.54) is 17.7 Å². The van der Waals surface area contributed by atoms with Crippen LogP contribution in [0.3, 0.4) is 0 Å². The quantitative estimate of drug-likeness (QED) is 0.863. The maximum atomic E-state index is 5.26. The number of hydrogen-bond donors (Lipinski definition) is 1. The van der Waals surface area contributed by atoms with Crippen molar-refractivity contribution in [2.45, 2.75) is 32.0 Å². The van der Waals surface area contributed by atoms with Crippen molar-refractivity contribution in [1.82, 2.24) is 15.2 Å². The molecule has 5 nitrogen and oxygen atoms in total. The molecule has 1 N–H and O–H groups in total. The van der Waals surface area contributed by atoms with E-state index in [1.807, 2.05) is 7.05 Å². The molecule has 20 heavy (non-hydrogen) atoms. The molecule has 0 radical (unpaired) electrons. The summed E-state index contributed by atoms with van der Waals surface area (Å²) in [6, 6.07) is 0.710. The van der Waals surface area contributed by atoms with Crippen molar-refractivity contribution in [3.05, 3.63) is 10.6 Å². The first-order valence-electron chi connectivity index (χ1n) is 7.19. The second-order valence-electron chi connectivity index (χ2n) is 5.51. The van der Waals surface area contributed by atoms with Crippen LogP contribution in [0.5, 0.6) is 0 Å². The molecular weight excluding hydrogens is 272 g/mol. The number of aromatic nitrogens is 1. The van der Waals surface area contributed by atoms with Gasteiger partial charge in [0.05, 0.1) is 12.3 Å². The van der Waals surface area contributed by atoms with Gasteiger partial charge >= 0.3 is 0 Å². The number of hydrogen-bond acceptors (Lipinski definition) is 6. The van der Waals surface area contributed by atoms with E-state index in [0.717, 1.165) is 30.5 Å². The maximum Gasteiger partial charge on any atom is 0.185 e. The van der Waals surface area contributed by atoms with Gasteiger partial charge in [0.2, 0.25) is 0 Å². The van der Waals surface area contributed by atoms with Crippen LogP contribution in [0.1, 0.15) is 23.4 Å². The Hall–Kier alpha value is -0.690. The zero-order chi connectivity index (χ0) is 14.5. The van der Waals surface area contributed by atoms with Crippen LogP contribution in [0, 0.1) is 0 Å². The molecule has 1 aliphatic rings. The van der Waals surface area contributed by atoms with Crippen LogP contribution in [0.4, 0.5) is 5.13 Å². The van der Waals surface area contributed by atoms with E-state index in [0.29, 0.717) is 12.6 Å². The van der Waals surface area contributed by atoms with Crippen molar-refractivity contribution in [2.24, 2.45) is 0 Å². The number of nitrogens with zero attached hydrogens (tertiary/aromatic N) is 3. The molecule has 0 saturated carbocycles. The fourth-order valence-electron chi connectivity index (χ4n) is 2.63. The number of rotatable bonds is 6. The van der Waals surface area contributed by atoms with Crippen molar-refractivity contribution in [3.63, 3.8) is 0 Å². The van der Waals surface area contributed by atoms with Crippen LogP contribution in [-0.4, -0.2) is 57.3 Å². The highest BCUT2D eigenvalue weighted by Crippen LogP contribution is 2.29. The Morgan fingerprint density at radius 1 is 1.40 bits per heavy atom. The maximum absolute atomic E-state index is 5.26. The van der Waals surface area contributed by atoms with E-state index in [-0.39, 0.29) is 0 Å². The third kappa shape index (κ3) is 3.69. The molecule has 1 aromatic rings. The lowest BCUT2D eigenvalue weighted by atomic mass is 10.0. The van der Waals surface area contributed by atoms with Crippen molar-refractivity contribution < 1.29 is 4.74 Å². The normalized spacial score (nSPS) is 17.1. The summed E-state index contributed by atoms with van der Waals surface area (Å²) in [7, 11) is 8.04. The Kier molecular flexibility index (Phi) is 5.77. The molecule has 6 heteroatoms. The van der Waals surface area contributed by atoms with E-state index < -0.39 is 0 Å². The minimum atomic E-state index is 0.599. The molecule has 0 aromatic carbocycles. The number of piperidine rings is 1. The molecule has 1 aromatic heterocycles. The summed E-state index contributed by atoms with van der Waals surface area (Å²) in [6.07, 6.45) is 2.43. The third-order valence-corrected chi connectivity index (χ3v) is 5.01. The van der Waals surface area contributed by atoms with Gasteiger partial charge in [-0.25, -0.2) is 4.98 Å². The minimum absolute atomic E-state index is 0.599. The molecule has 2 rings (SSSR count). The molecule has 0 unspecified atom stereocenters. The lowest BCUT2D eigenvalue weighted by Gasteiger charge is -2.35. The molecule has 2 heterocycles. The van der Waals surface area contributed by atoms with Gasteiger partial charge in [0.25, 0.3) is 0 Å². The minimum Gasteiger partial charge on any atom is -0.378 e. The molecule has 1 fully saturated rings. The Labute approximate surface area is 125 Å². The van der Waals surface area contributed by atoms with Crippen molar-refractivity contribution in [2.75, 3.05) is 46.2 Å². The molecule has 114 valence electrons. The SMILES string of the molecule is CNCc1sc(N2CCC(N(C)C)CC2)nc1COC. The van der Waals surface area contributed by atoms with Gasteiger partial charge < -0.3 is 19.9 Å². The van der Waals surface area contributed by atoms with Gasteiger partial charge in [0, 0.05) is 37.7 Å². The summed E-state index contributed by atoms with van der Waals surface area (Å²) in [5.41, 5.74) is 1.08. The summed E-state index contributed by atoms with van der Waals surface area (Å²) in [5, 5.41) is 4.36. The van der Waals surface area contributed by atoms with Crippen LogP contribution in [0.15, 0.2) is 0 Å². The fraction of sp³-hybridized carbons (Fsp3) is 0.786. The number of nitrogens with one attached hydrogen (secondary N) is 1. The highest BCUT2D eigenvalue weighted by molar-refractivity contribution is 7.15. The summed E-state index contributed by atoms with van der Waals surface area (Å²) in [6.45, 7) is 3.66. The van der Waals surface area contributed by atoms with Gasteiger partial charge in [-0.2, -0.15) is 0 Å². The summed E-state index contributed by atoms with van der Waals surface area (Å²) in [5.74, 6) is 0. The molecular formula is C14H26N4OS. The number of thiazole rings is 1. The summed E-state index contributed by atoms with van der Waals surface area (Å²) < 4.78 is 5.26. The van der Waals surface area contributed by atoms with Gasteiger partial charge in [-0.1, -0.05) is 0 Å². The monoisotopic (exact) mass is 298 g/mol. The number of methoxy groups -OCH3 is 1. The van der Waals surface area contributed by atoms with E-state index in [2.05, 4.69) is 29.2 Å². The van der Waals surface area contributed by atoms with Gasteiger partial charge in [-0.3, -0.25) is 0 Å². The standard InChI is InChI=1S/C14H26N4OS/c1-15-9-13-12(10-19-4)16-14(20-13)18-7-5-11(6-8-18)17(2)3/h11,15H,5-10H2,1-4H3. The first kappa shape index (κ1) is 15.7. The lowest BCUT2D eigenvalue weighted by molar-refractivity contribution is 0.181. The van der Waals surface area contributed by atoms with Gasteiger partial charge in [0.1, 0.15) is 0 Å². The van der Waals surface area contributed by atoms with Gasteiger partial charge in [-0.05, 0) is 34.0 Å². The van der Waals surface area contributed by atoms with E-state index in [1.54, 1.807) is 18.4 Å². The zero-order valence-electron chi connectivity index (χ0n) is 13.0. The molecule has 0 atom stereocenters. The smallest absolute Gasteiger partial charge is 0.185 e. The predicted molar refractivity (Wildman–Crippen MR) is 84.5 cm³/mol. The highest BCUT2D eigenvalue weighted by atomic mass is 32.1. The zero-order valence-corrected chi connectivity index (χ0v) is 13.8. The summed E-state index contributed by atoms with van der Waals surface area (Å²) in [4.78, 5) is 10.8. The molecule has 1 saturated heterocycles. The van der Waals surface area contributed by atoms with Crippen molar-refractivity contribution in [3.8, 4) is 0 Å². The van der Waals surface area contributed by atoms with Crippen LogP contribution < -0.4 is 10.2 Å². The highest BCUT2D eigenvalue weighted by Gasteiger charge is 2.23. The average Bonchev–Trinajstić information content (AvgIpc) is 2.83. The van der Waals surface area contributed by atoms with Crippen molar-refractivity contribution >= 4 is 16.5 Å². The molecule has 0 aliphatic carbocycles. The molecule has 0 bridgehead atoms. The first-order chi connectivity index (χ1) is 9.65. The Morgan fingerprint density at radius 3 is 2.65 bits per heavy atom. The van der Waals surface area contributed by atoms with Crippen LogP contribution in [0.25, 0.3) is 0 Å². The molecule has 1 aliphatic heterocycles. The Balaban J connectivity index is 2.04. The van der Waals surface area contributed by atoms with Gasteiger partial charge in [-0.15, -0.1) is 11.3 Å². The van der Waals surface area contributed by atoms with Crippen LogP contribution in [-0.2, 0) is 17.9 Å². The Morgan fingerprint density at radius 2 is 2.10 bits per heavy atom. The van der Waals surface area contributed by atoms with E-state index in [4.69, 9.17) is 9.72 Å². The molecule has 0 spiro atoms. The summed E-state index contributed by atoms with van der Waals surface area (Å²) >= 11 is 1.80. The lowest BCUT2D eigenvalue weighted by Crippen LogP contribution is -2.41. The van der Waals surface area contributed by atoms with Crippen LogP contribution in [0.2, 0.25) is 0 Å². The molecule has 0 amide bonds.